The van der Waals surface area contributed by atoms with Crippen molar-refractivity contribution in [3.8, 4) is 0 Å². The van der Waals surface area contributed by atoms with Gasteiger partial charge in [-0.1, -0.05) is 19.9 Å². The van der Waals surface area contributed by atoms with Crippen LogP contribution in [0.1, 0.15) is 44.2 Å². The summed E-state index contributed by atoms with van der Waals surface area (Å²) in [5, 5.41) is 0. The number of carbonyl (C=O) groups is 2. The third kappa shape index (κ3) is 1.99. The maximum atomic E-state index is 12.7. The molecule has 4 nitrogen and oxygen atoms in total. The lowest BCUT2D eigenvalue weighted by atomic mass is 9.81. The first-order valence-electron chi connectivity index (χ1n) is 7.10. The molecule has 0 atom stereocenters. The summed E-state index contributed by atoms with van der Waals surface area (Å²) in [6, 6.07) is 3.66. The molecule has 4 heteroatoms. The Balaban J connectivity index is 2.51. The van der Waals surface area contributed by atoms with Crippen LogP contribution < -0.4 is 10.6 Å². The number of rotatable bonds is 3. The van der Waals surface area contributed by atoms with Gasteiger partial charge in [-0.05, 0) is 43.9 Å². The Morgan fingerprint density at radius 2 is 1.75 bits per heavy atom. The summed E-state index contributed by atoms with van der Waals surface area (Å²) in [6.45, 7) is 7.76. The van der Waals surface area contributed by atoms with Crippen molar-refractivity contribution in [1.29, 1.82) is 0 Å². The van der Waals surface area contributed by atoms with Crippen LogP contribution in [0.4, 0.5) is 11.4 Å². The zero-order valence-electron chi connectivity index (χ0n) is 12.6. The van der Waals surface area contributed by atoms with Crippen LogP contribution in [0.5, 0.6) is 0 Å². The second kappa shape index (κ2) is 4.93. The smallest absolute Gasteiger partial charge is 0.240 e. The Morgan fingerprint density at radius 3 is 2.25 bits per heavy atom. The van der Waals surface area contributed by atoms with Gasteiger partial charge in [0.15, 0.2) is 0 Å². The minimum Gasteiger partial charge on any atom is -0.398 e. The lowest BCUT2D eigenvalue weighted by Gasteiger charge is -2.24. The first-order valence-corrected chi connectivity index (χ1v) is 7.10. The molecular weight excluding hydrogens is 252 g/mol. The van der Waals surface area contributed by atoms with Gasteiger partial charge in [0.1, 0.15) is 0 Å². The highest BCUT2D eigenvalue weighted by Gasteiger charge is 2.49. The number of amides is 2. The maximum absolute atomic E-state index is 12.7. The van der Waals surface area contributed by atoms with Gasteiger partial charge >= 0.3 is 0 Å². The molecule has 1 aliphatic rings. The highest BCUT2D eigenvalue weighted by atomic mass is 16.2. The highest BCUT2D eigenvalue weighted by Crippen LogP contribution is 2.42. The van der Waals surface area contributed by atoms with Gasteiger partial charge in [-0.2, -0.15) is 0 Å². The molecule has 1 heterocycles. The predicted octanol–water partition coefficient (Wildman–Crippen LogP) is 2.96. The fraction of sp³-hybridized carbons (Fsp3) is 0.500. The van der Waals surface area contributed by atoms with E-state index >= 15 is 0 Å². The molecule has 20 heavy (non-hydrogen) atoms. The lowest BCUT2D eigenvalue weighted by molar-refractivity contribution is -0.126. The van der Waals surface area contributed by atoms with Crippen LogP contribution in [-0.2, 0) is 9.59 Å². The molecule has 0 radical (unpaired) electrons. The van der Waals surface area contributed by atoms with Gasteiger partial charge in [-0.3, -0.25) is 9.59 Å². The molecule has 0 bridgehead atoms. The number of nitrogens with zero attached hydrogens (tertiary/aromatic N) is 1. The number of aryl methyl sites for hydroxylation is 2. The van der Waals surface area contributed by atoms with Crippen LogP contribution in [0.3, 0.4) is 0 Å². The summed E-state index contributed by atoms with van der Waals surface area (Å²) in [5.41, 5.74) is 8.50. The molecule has 0 spiro atoms. The molecule has 1 aromatic carbocycles. The third-order valence-corrected chi connectivity index (χ3v) is 4.57. The van der Waals surface area contributed by atoms with Crippen LogP contribution in [0.25, 0.3) is 0 Å². The van der Waals surface area contributed by atoms with Crippen molar-refractivity contribution < 1.29 is 9.59 Å². The summed E-state index contributed by atoms with van der Waals surface area (Å²) in [7, 11) is 0. The molecule has 0 saturated carbocycles. The van der Waals surface area contributed by atoms with E-state index in [1.54, 1.807) is 6.07 Å². The molecule has 0 aliphatic carbocycles. The monoisotopic (exact) mass is 274 g/mol. The number of benzene rings is 1. The van der Waals surface area contributed by atoms with E-state index in [-0.39, 0.29) is 11.8 Å². The zero-order valence-corrected chi connectivity index (χ0v) is 12.6. The van der Waals surface area contributed by atoms with E-state index in [0.29, 0.717) is 30.6 Å². The van der Waals surface area contributed by atoms with Crippen molar-refractivity contribution in [2.45, 2.75) is 47.0 Å². The average molecular weight is 274 g/mol. The Bertz CT molecular complexity index is 574. The molecule has 108 valence electrons. The van der Waals surface area contributed by atoms with Gasteiger partial charge < -0.3 is 5.73 Å². The first-order chi connectivity index (χ1) is 9.36. The van der Waals surface area contributed by atoms with Crippen molar-refractivity contribution in [3.05, 3.63) is 23.3 Å². The van der Waals surface area contributed by atoms with Gasteiger partial charge in [-0.15, -0.1) is 0 Å². The molecule has 2 N–H and O–H groups in total. The van der Waals surface area contributed by atoms with E-state index in [9.17, 15) is 9.59 Å². The number of nitrogen functional groups attached to an aromatic ring is 1. The molecule has 2 rings (SSSR count). The van der Waals surface area contributed by atoms with Gasteiger partial charge in [-0.25, -0.2) is 4.90 Å². The minimum atomic E-state index is -0.539. The molecule has 1 aliphatic heterocycles. The van der Waals surface area contributed by atoms with Gasteiger partial charge in [0.2, 0.25) is 11.8 Å². The van der Waals surface area contributed by atoms with Crippen LogP contribution in [0, 0.1) is 19.3 Å². The number of nitrogens with two attached hydrogens (primary N) is 1. The number of hydrogen-bond acceptors (Lipinski definition) is 3. The molecule has 2 amide bonds. The van der Waals surface area contributed by atoms with Gasteiger partial charge in [0.05, 0.1) is 11.1 Å². The second-order valence-electron chi connectivity index (χ2n) is 5.69. The Labute approximate surface area is 119 Å². The van der Waals surface area contributed by atoms with E-state index in [0.717, 1.165) is 11.1 Å². The summed E-state index contributed by atoms with van der Waals surface area (Å²) < 4.78 is 0. The van der Waals surface area contributed by atoms with E-state index in [1.165, 1.54) is 4.90 Å². The highest BCUT2D eigenvalue weighted by molar-refractivity contribution is 6.23. The topological polar surface area (TPSA) is 63.4 Å². The lowest BCUT2D eigenvalue weighted by Crippen LogP contribution is -2.35. The van der Waals surface area contributed by atoms with E-state index in [1.807, 2.05) is 33.8 Å². The Kier molecular flexibility index (Phi) is 3.59. The second-order valence-corrected chi connectivity index (χ2v) is 5.69. The fourth-order valence-corrected chi connectivity index (χ4v) is 2.94. The maximum Gasteiger partial charge on any atom is 0.240 e. The molecule has 1 fully saturated rings. The van der Waals surface area contributed by atoms with E-state index in [4.69, 9.17) is 5.73 Å². The average Bonchev–Trinajstić information content (AvgIpc) is 2.66. The fourth-order valence-electron chi connectivity index (χ4n) is 2.94. The summed E-state index contributed by atoms with van der Waals surface area (Å²) in [6.07, 6.45) is 1.67. The minimum absolute atomic E-state index is 0.0844. The number of carbonyl (C=O) groups excluding carboxylic acids is 2. The molecule has 0 aromatic heterocycles. The molecule has 0 unspecified atom stereocenters. The molecule has 1 saturated heterocycles. The number of anilines is 2. The zero-order chi connectivity index (χ0) is 15.1. The quantitative estimate of drug-likeness (QED) is 0.681. The van der Waals surface area contributed by atoms with Crippen LogP contribution >= 0.6 is 0 Å². The van der Waals surface area contributed by atoms with E-state index < -0.39 is 5.41 Å². The largest absolute Gasteiger partial charge is 0.398 e. The van der Waals surface area contributed by atoms with Crippen molar-refractivity contribution in [2.24, 2.45) is 5.41 Å². The first kappa shape index (κ1) is 14.6. The standard InChI is InChI=1S/C16H22N2O2/c1-5-16(6-2)9-14(19)18(15(16)20)13-8-12(17)10(3)7-11(13)4/h7-8H,5-6,9,17H2,1-4H3. The van der Waals surface area contributed by atoms with Crippen molar-refractivity contribution in [3.63, 3.8) is 0 Å². The van der Waals surface area contributed by atoms with Gasteiger partial charge in [0, 0.05) is 12.1 Å². The SMILES string of the molecule is CCC1(CC)CC(=O)N(c2cc(N)c(C)cc2C)C1=O. The van der Waals surface area contributed by atoms with E-state index in [2.05, 4.69) is 0 Å². The number of hydrogen-bond donors (Lipinski definition) is 1. The number of imide groups is 1. The Hall–Kier alpha value is -1.84. The third-order valence-electron chi connectivity index (χ3n) is 4.57. The van der Waals surface area contributed by atoms with Crippen LogP contribution in [-0.4, -0.2) is 11.8 Å². The normalized spacial score (nSPS) is 17.9. The van der Waals surface area contributed by atoms with Crippen LogP contribution in [0.2, 0.25) is 0 Å². The van der Waals surface area contributed by atoms with Crippen molar-refractivity contribution >= 4 is 23.2 Å². The Morgan fingerprint density at radius 1 is 1.15 bits per heavy atom. The van der Waals surface area contributed by atoms with Crippen molar-refractivity contribution in [2.75, 3.05) is 10.6 Å². The van der Waals surface area contributed by atoms with Crippen molar-refractivity contribution in [1.82, 2.24) is 0 Å². The summed E-state index contributed by atoms with van der Waals surface area (Å²) >= 11 is 0. The van der Waals surface area contributed by atoms with Crippen LogP contribution in [0.15, 0.2) is 12.1 Å². The predicted molar refractivity (Wildman–Crippen MR) is 80.5 cm³/mol. The molecule has 1 aromatic rings. The summed E-state index contributed by atoms with van der Waals surface area (Å²) in [4.78, 5) is 26.4. The summed E-state index contributed by atoms with van der Waals surface area (Å²) in [5.74, 6) is -0.205. The molecular formula is C16H22N2O2. The van der Waals surface area contributed by atoms with Gasteiger partial charge in [0.25, 0.3) is 0 Å².